The van der Waals surface area contributed by atoms with Gasteiger partial charge in [0.05, 0.1) is 16.1 Å². The van der Waals surface area contributed by atoms with Crippen molar-refractivity contribution in [2.24, 2.45) is 0 Å². The van der Waals surface area contributed by atoms with Gasteiger partial charge in [0, 0.05) is 23.9 Å². The van der Waals surface area contributed by atoms with Crippen molar-refractivity contribution in [3.05, 3.63) is 56.2 Å². The first-order valence-corrected chi connectivity index (χ1v) is 8.72. The predicted octanol–water partition coefficient (Wildman–Crippen LogP) is 4.05. The van der Waals surface area contributed by atoms with Crippen LogP contribution in [0.2, 0.25) is 10.0 Å². The molecule has 1 atom stereocenters. The first-order valence-electron chi connectivity index (χ1n) is 7.02. The van der Waals surface area contributed by atoms with Gasteiger partial charge in [-0.15, -0.1) is 0 Å². The number of nitrogens with one attached hydrogen (secondary N) is 2. The van der Waals surface area contributed by atoms with Gasteiger partial charge in [-0.05, 0) is 36.1 Å². The molecule has 0 aliphatic heterocycles. The van der Waals surface area contributed by atoms with Crippen molar-refractivity contribution in [1.29, 1.82) is 0 Å². The number of amides is 2. The lowest BCUT2D eigenvalue weighted by atomic mass is 10.1. The number of halogens is 2. The van der Waals surface area contributed by atoms with Crippen LogP contribution in [0.4, 0.5) is 0 Å². The van der Waals surface area contributed by atoms with E-state index in [0.717, 1.165) is 5.56 Å². The Balaban J connectivity index is 1.77. The molecule has 2 N–H and O–H groups in total. The molecule has 0 fully saturated rings. The van der Waals surface area contributed by atoms with Crippen LogP contribution in [0.3, 0.4) is 0 Å². The molecular formula is C16H16Cl2N2O2S. The van der Waals surface area contributed by atoms with E-state index >= 15 is 0 Å². The lowest BCUT2D eigenvalue weighted by molar-refractivity contribution is -0.121. The summed E-state index contributed by atoms with van der Waals surface area (Å²) in [7, 11) is 0. The third kappa shape index (κ3) is 5.23. The van der Waals surface area contributed by atoms with Gasteiger partial charge in [-0.25, -0.2) is 0 Å². The van der Waals surface area contributed by atoms with Crippen molar-refractivity contribution in [2.45, 2.75) is 19.4 Å². The van der Waals surface area contributed by atoms with Crippen LogP contribution in [-0.2, 0) is 4.79 Å². The predicted molar refractivity (Wildman–Crippen MR) is 94.3 cm³/mol. The third-order valence-electron chi connectivity index (χ3n) is 3.24. The second-order valence-electron chi connectivity index (χ2n) is 4.98. The third-order valence-corrected chi connectivity index (χ3v) is 4.66. The molecule has 0 bridgehead atoms. The van der Waals surface area contributed by atoms with E-state index in [1.807, 2.05) is 18.4 Å². The highest BCUT2D eigenvalue weighted by Gasteiger charge is 2.12. The van der Waals surface area contributed by atoms with Crippen LogP contribution < -0.4 is 10.6 Å². The zero-order chi connectivity index (χ0) is 16.8. The first kappa shape index (κ1) is 17.8. The topological polar surface area (TPSA) is 58.2 Å². The molecule has 0 radical (unpaired) electrons. The number of carbonyl (C=O) groups is 2. The fourth-order valence-corrected chi connectivity index (χ4v) is 2.91. The minimum atomic E-state index is -0.190. The van der Waals surface area contributed by atoms with Crippen LogP contribution >= 0.6 is 34.5 Å². The smallest absolute Gasteiger partial charge is 0.252 e. The van der Waals surface area contributed by atoms with Crippen molar-refractivity contribution in [2.75, 3.05) is 6.54 Å². The van der Waals surface area contributed by atoms with Crippen LogP contribution in [-0.4, -0.2) is 18.4 Å². The molecule has 2 amide bonds. The molecule has 0 saturated carbocycles. The number of carbonyl (C=O) groups excluding carboxylic acids is 2. The van der Waals surface area contributed by atoms with E-state index in [1.54, 1.807) is 23.6 Å². The molecule has 0 saturated heterocycles. The highest BCUT2D eigenvalue weighted by Crippen LogP contribution is 2.25. The van der Waals surface area contributed by atoms with E-state index < -0.39 is 0 Å². The monoisotopic (exact) mass is 370 g/mol. The van der Waals surface area contributed by atoms with Crippen LogP contribution in [0.15, 0.2) is 35.0 Å². The Morgan fingerprint density at radius 2 is 2.00 bits per heavy atom. The molecule has 2 rings (SSSR count). The summed E-state index contributed by atoms with van der Waals surface area (Å²) in [4.78, 5) is 23.7. The van der Waals surface area contributed by atoms with Crippen molar-refractivity contribution in [1.82, 2.24) is 10.6 Å². The SMILES string of the molecule is C[C@H](NC(=O)CCNC(=O)c1ccsc1)c1ccc(Cl)c(Cl)c1. The lowest BCUT2D eigenvalue weighted by Crippen LogP contribution is -2.31. The van der Waals surface area contributed by atoms with Crippen molar-refractivity contribution >= 4 is 46.4 Å². The van der Waals surface area contributed by atoms with Gasteiger partial charge in [0.25, 0.3) is 5.91 Å². The molecule has 4 nitrogen and oxygen atoms in total. The van der Waals surface area contributed by atoms with Gasteiger partial charge in [0.1, 0.15) is 0 Å². The molecule has 0 aliphatic rings. The summed E-state index contributed by atoms with van der Waals surface area (Å²) in [6.45, 7) is 2.15. The maximum absolute atomic E-state index is 11.9. The Morgan fingerprint density at radius 1 is 1.22 bits per heavy atom. The van der Waals surface area contributed by atoms with E-state index in [-0.39, 0.29) is 30.8 Å². The molecule has 7 heteroatoms. The average molecular weight is 371 g/mol. The maximum atomic E-state index is 11.9. The number of benzene rings is 1. The summed E-state index contributed by atoms with van der Waals surface area (Å²) < 4.78 is 0. The van der Waals surface area contributed by atoms with Gasteiger partial charge in [0.2, 0.25) is 5.91 Å². The molecule has 122 valence electrons. The van der Waals surface area contributed by atoms with E-state index in [4.69, 9.17) is 23.2 Å². The van der Waals surface area contributed by atoms with E-state index in [9.17, 15) is 9.59 Å². The quantitative estimate of drug-likeness (QED) is 0.805. The van der Waals surface area contributed by atoms with Gasteiger partial charge in [0.15, 0.2) is 0 Å². The Morgan fingerprint density at radius 3 is 2.65 bits per heavy atom. The zero-order valence-electron chi connectivity index (χ0n) is 12.4. The molecular weight excluding hydrogens is 355 g/mol. The van der Waals surface area contributed by atoms with E-state index in [1.165, 1.54) is 11.3 Å². The Bertz CT molecular complexity index is 689. The molecule has 23 heavy (non-hydrogen) atoms. The number of hydrogen-bond donors (Lipinski definition) is 2. The normalized spacial score (nSPS) is 11.8. The summed E-state index contributed by atoms with van der Waals surface area (Å²) in [6, 6.07) is 6.80. The van der Waals surface area contributed by atoms with Crippen molar-refractivity contribution in [3.63, 3.8) is 0 Å². The second-order valence-corrected chi connectivity index (χ2v) is 6.58. The van der Waals surface area contributed by atoms with Crippen molar-refractivity contribution in [3.8, 4) is 0 Å². The summed E-state index contributed by atoms with van der Waals surface area (Å²) in [5.74, 6) is -0.314. The van der Waals surface area contributed by atoms with Crippen molar-refractivity contribution < 1.29 is 9.59 Å². The summed E-state index contributed by atoms with van der Waals surface area (Å²) in [6.07, 6.45) is 0.210. The van der Waals surface area contributed by atoms with Crippen LogP contribution in [0.1, 0.15) is 35.3 Å². The molecule has 0 aliphatic carbocycles. The first-order chi connectivity index (χ1) is 11.0. The zero-order valence-corrected chi connectivity index (χ0v) is 14.8. The fraction of sp³-hybridized carbons (Fsp3) is 0.250. The molecule has 2 aromatic rings. The number of hydrogen-bond acceptors (Lipinski definition) is 3. The highest BCUT2D eigenvalue weighted by molar-refractivity contribution is 7.08. The van der Waals surface area contributed by atoms with Crippen LogP contribution in [0.25, 0.3) is 0 Å². The van der Waals surface area contributed by atoms with Crippen LogP contribution in [0.5, 0.6) is 0 Å². The molecule has 1 aromatic heterocycles. The minimum Gasteiger partial charge on any atom is -0.351 e. The molecule has 1 aromatic carbocycles. The van der Waals surface area contributed by atoms with E-state index in [0.29, 0.717) is 15.6 Å². The second kappa shape index (κ2) is 8.34. The average Bonchev–Trinajstić information content (AvgIpc) is 3.04. The molecule has 1 heterocycles. The minimum absolute atomic E-state index is 0.144. The molecule has 0 unspecified atom stereocenters. The Labute approximate surface area is 148 Å². The van der Waals surface area contributed by atoms with Gasteiger partial charge >= 0.3 is 0 Å². The summed E-state index contributed by atoms with van der Waals surface area (Å²) in [5, 5.41) is 10.1. The van der Waals surface area contributed by atoms with Gasteiger partial charge in [-0.3, -0.25) is 9.59 Å². The number of thiophene rings is 1. The maximum Gasteiger partial charge on any atom is 0.252 e. The van der Waals surface area contributed by atoms with Gasteiger partial charge in [-0.2, -0.15) is 11.3 Å². The largest absolute Gasteiger partial charge is 0.351 e. The summed E-state index contributed by atoms with van der Waals surface area (Å²) >= 11 is 13.3. The van der Waals surface area contributed by atoms with Gasteiger partial charge in [-0.1, -0.05) is 29.3 Å². The lowest BCUT2D eigenvalue weighted by Gasteiger charge is -2.15. The molecule has 0 spiro atoms. The van der Waals surface area contributed by atoms with Crippen LogP contribution in [0, 0.1) is 0 Å². The Hall–Kier alpha value is -1.56. The Kier molecular flexibility index (Phi) is 6.45. The fourth-order valence-electron chi connectivity index (χ4n) is 1.96. The highest BCUT2D eigenvalue weighted by atomic mass is 35.5. The number of rotatable bonds is 6. The van der Waals surface area contributed by atoms with E-state index in [2.05, 4.69) is 10.6 Å². The standard InChI is InChI=1S/C16H16Cl2N2O2S/c1-10(11-2-3-13(17)14(18)8-11)20-15(21)4-6-19-16(22)12-5-7-23-9-12/h2-3,5,7-10H,4,6H2,1H3,(H,19,22)(H,20,21)/t10-/m0/s1. The summed E-state index contributed by atoms with van der Waals surface area (Å²) in [5.41, 5.74) is 1.48. The van der Waals surface area contributed by atoms with Gasteiger partial charge < -0.3 is 10.6 Å².